The van der Waals surface area contributed by atoms with Gasteiger partial charge in [0.2, 0.25) is 5.91 Å². The van der Waals surface area contributed by atoms with E-state index in [-0.39, 0.29) is 30.4 Å². The van der Waals surface area contributed by atoms with E-state index in [4.69, 9.17) is 5.73 Å². The topological polar surface area (TPSA) is 46.3 Å². The SMILES string of the molecule is CC(N)C1CCCCN1C(=O)C1CC1c1cccc2ccccc12.Cl. The molecule has 2 N–H and O–H groups in total. The molecule has 1 saturated carbocycles. The van der Waals surface area contributed by atoms with E-state index in [9.17, 15) is 4.79 Å². The van der Waals surface area contributed by atoms with Crippen molar-refractivity contribution in [1.82, 2.24) is 4.90 Å². The van der Waals surface area contributed by atoms with E-state index in [1.807, 2.05) is 6.92 Å². The van der Waals surface area contributed by atoms with Crippen LogP contribution in [0.25, 0.3) is 10.8 Å². The van der Waals surface area contributed by atoms with Crippen LogP contribution in [-0.2, 0) is 4.79 Å². The normalized spacial score (nSPS) is 26.8. The highest BCUT2D eigenvalue weighted by Gasteiger charge is 2.47. The number of likely N-dealkylation sites (tertiary alicyclic amines) is 1. The number of piperidine rings is 1. The summed E-state index contributed by atoms with van der Waals surface area (Å²) in [6, 6.07) is 15.2. The maximum absolute atomic E-state index is 13.1. The van der Waals surface area contributed by atoms with Crippen molar-refractivity contribution in [2.75, 3.05) is 6.54 Å². The van der Waals surface area contributed by atoms with Crippen LogP contribution in [0.2, 0.25) is 0 Å². The van der Waals surface area contributed by atoms with Crippen LogP contribution in [0, 0.1) is 5.92 Å². The van der Waals surface area contributed by atoms with Crippen LogP contribution >= 0.6 is 12.4 Å². The second kappa shape index (κ2) is 7.35. The van der Waals surface area contributed by atoms with Crippen molar-refractivity contribution >= 4 is 29.1 Å². The number of carbonyl (C=O) groups is 1. The quantitative estimate of drug-likeness (QED) is 0.898. The van der Waals surface area contributed by atoms with Gasteiger partial charge in [-0.25, -0.2) is 0 Å². The largest absolute Gasteiger partial charge is 0.338 e. The number of nitrogens with zero attached hydrogens (tertiary/aromatic N) is 1. The molecule has 1 aliphatic heterocycles. The highest BCUT2D eigenvalue weighted by Crippen LogP contribution is 2.50. The van der Waals surface area contributed by atoms with Gasteiger partial charge in [0.25, 0.3) is 0 Å². The van der Waals surface area contributed by atoms with Crippen molar-refractivity contribution in [2.45, 2.75) is 50.6 Å². The van der Waals surface area contributed by atoms with Crippen LogP contribution in [0.15, 0.2) is 42.5 Å². The van der Waals surface area contributed by atoms with Gasteiger partial charge in [-0.1, -0.05) is 42.5 Å². The van der Waals surface area contributed by atoms with Crippen LogP contribution < -0.4 is 5.73 Å². The van der Waals surface area contributed by atoms with Gasteiger partial charge in [0.05, 0.1) is 0 Å². The predicted octanol–water partition coefficient (Wildman–Crippen LogP) is 4.09. The molecule has 1 aliphatic carbocycles. The first-order valence-electron chi connectivity index (χ1n) is 9.20. The van der Waals surface area contributed by atoms with E-state index >= 15 is 0 Å². The summed E-state index contributed by atoms with van der Waals surface area (Å²) in [7, 11) is 0. The summed E-state index contributed by atoms with van der Waals surface area (Å²) in [5.74, 6) is 0.851. The fourth-order valence-corrected chi connectivity index (χ4v) is 4.38. The average molecular weight is 359 g/mol. The van der Waals surface area contributed by atoms with Crippen LogP contribution in [0.3, 0.4) is 0 Å². The smallest absolute Gasteiger partial charge is 0.226 e. The van der Waals surface area contributed by atoms with Crippen molar-refractivity contribution in [3.63, 3.8) is 0 Å². The van der Waals surface area contributed by atoms with Crippen molar-refractivity contribution in [3.8, 4) is 0 Å². The molecule has 0 spiro atoms. The number of hydrogen-bond donors (Lipinski definition) is 1. The molecule has 134 valence electrons. The molecule has 4 rings (SSSR count). The second-order valence-electron chi connectivity index (χ2n) is 7.47. The second-order valence-corrected chi connectivity index (χ2v) is 7.47. The zero-order valence-corrected chi connectivity index (χ0v) is 15.5. The van der Waals surface area contributed by atoms with E-state index in [2.05, 4.69) is 47.4 Å². The first-order valence-corrected chi connectivity index (χ1v) is 9.20. The minimum absolute atomic E-state index is 0. The van der Waals surface area contributed by atoms with Crippen molar-refractivity contribution in [3.05, 3.63) is 48.0 Å². The zero-order chi connectivity index (χ0) is 16.7. The van der Waals surface area contributed by atoms with Crippen LogP contribution in [0.5, 0.6) is 0 Å². The zero-order valence-electron chi connectivity index (χ0n) is 14.7. The maximum Gasteiger partial charge on any atom is 0.226 e. The Labute approximate surface area is 156 Å². The Morgan fingerprint density at radius 1 is 1.16 bits per heavy atom. The van der Waals surface area contributed by atoms with Gasteiger partial charge in [-0.15, -0.1) is 12.4 Å². The van der Waals surface area contributed by atoms with Gasteiger partial charge in [0, 0.05) is 24.5 Å². The number of benzene rings is 2. The Balaban J connectivity index is 0.00000182. The lowest BCUT2D eigenvalue weighted by Gasteiger charge is -2.38. The van der Waals surface area contributed by atoms with E-state index in [1.165, 1.54) is 22.8 Å². The summed E-state index contributed by atoms with van der Waals surface area (Å²) in [6.45, 7) is 2.91. The fourth-order valence-electron chi connectivity index (χ4n) is 4.38. The third kappa shape index (κ3) is 3.40. The molecular formula is C21H27ClN2O. The fraction of sp³-hybridized carbons (Fsp3) is 0.476. The Morgan fingerprint density at radius 2 is 1.92 bits per heavy atom. The summed E-state index contributed by atoms with van der Waals surface area (Å²) in [5.41, 5.74) is 7.48. The Kier molecular flexibility index (Phi) is 5.35. The standard InChI is InChI=1S/C21H26N2O.ClH/c1-14(22)20-11-4-5-12-23(20)21(24)19-13-18(19)17-10-6-8-15-7-2-3-9-16(15)17;/h2-3,6-10,14,18-20H,4-5,11-13,22H2,1H3;1H. The number of halogens is 1. The molecule has 1 amide bonds. The van der Waals surface area contributed by atoms with Gasteiger partial charge in [-0.05, 0) is 54.9 Å². The molecule has 2 aromatic carbocycles. The number of carbonyl (C=O) groups excluding carboxylic acids is 1. The highest BCUT2D eigenvalue weighted by molar-refractivity contribution is 5.89. The average Bonchev–Trinajstić information content (AvgIpc) is 3.41. The highest BCUT2D eigenvalue weighted by atomic mass is 35.5. The predicted molar refractivity (Wildman–Crippen MR) is 105 cm³/mol. The van der Waals surface area contributed by atoms with E-state index in [0.29, 0.717) is 11.8 Å². The molecule has 0 radical (unpaired) electrons. The van der Waals surface area contributed by atoms with E-state index in [0.717, 1.165) is 25.8 Å². The number of rotatable bonds is 3. The van der Waals surface area contributed by atoms with Gasteiger partial charge in [0.15, 0.2) is 0 Å². The molecule has 4 heteroatoms. The Bertz CT molecular complexity index is 755. The molecule has 0 bridgehead atoms. The molecular weight excluding hydrogens is 332 g/mol. The molecule has 25 heavy (non-hydrogen) atoms. The van der Waals surface area contributed by atoms with Gasteiger partial charge >= 0.3 is 0 Å². The summed E-state index contributed by atoms with van der Waals surface area (Å²) in [5, 5.41) is 2.56. The summed E-state index contributed by atoms with van der Waals surface area (Å²) < 4.78 is 0. The number of fused-ring (bicyclic) bond motifs is 1. The van der Waals surface area contributed by atoms with Crippen molar-refractivity contribution in [2.24, 2.45) is 11.7 Å². The van der Waals surface area contributed by atoms with Crippen LogP contribution in [0.1, 0.15) is 44.1 Å². The number of amides is 1. The van der Waals surface area contributed by atoms with Gasteiger partial charge in [-0.3, -0.25) is 4.79 Å². The number of hydrogen-bond acceptors (Lipinski definition) is 2. The molecule has 1 heterocycles. The summed E-state index contributed by atoms with van der Waals surface area (Å²) in [6.07, 6.45) is 4.33. The number of nitrogens with two attached hydrogens (primary N) is 1. The lowest BCUT2D eigenvalue weighted by Crippen LogP contribution is -2.52. The minimum Gasteiger partial charge on any atom is -0.338 e. The lowest BCUT2D eigenvalue weighted by molar-refractivity contribution is -0.136. The minimum atomic E-state index is 0. The third-order valence-corrected chi connectivity index (χ3v) is 5.77. The third-order valence-electron chi connectivity index (χ3n) is 5.77. The van der Waals surface area contributed by atoms with Crippen molar-refractivity contribution in [1.29, 1.82) is 0 Å². The molecule has 3 nitrogen and oxygen atoms in total. The molecule has 2 fully saturated rings. The molecule has 4 unspecified atom stereocenters. The van der Waals surface area contributed by atoms with Crippen LogP contribution in [0.4, 0.5) is 0 Å². The maximum atomic E-state index is 13.1. The first kappa shape index (κ1) is 18.2. The Hall–Kier alpha value is -1.58. The molecule has 1 saturated heterocycles. The lowest BCUT2D eigenvalue weighted by atomic mass is 9.95. The molecule has 2 aromatic rings. The molecule has 0 aromatic heterocycles. The van der Waals surface area contributed by atoms with Gasteiger partial charge in [-0.2, -0.15) is 0 Å². The van der Waals surface area contributed by atoms with Gasteiger partial charge in [0.1, 0.15) is 0 Å². The Morgan fingerprint density at radius 3 is 2.72 bits per heavy atom. The summed E-state index contributed by atoms with van der Waals surface area (Å²) >= 11 is 0. The van der Waals surface area contributed by atoms with Crippen LogP contribution in [-0.4, -0.2) is 29.4 Å². The van der Waals surface area contributed by atoms with E-state index < -0.39 is 0 Å². The molecule has 4 atom stereocenters. The first-order chi connectivity index (χ1) is 11.7. The molecule has 2 aliphatic rings. The van der Waals surface area contributed by atoms with Crippen molar-refractivity contribution < 1.29 is 4.79 Å². The van der Waals surface area contributed by atoms with Gasteiger partial charge < -0.3 is 10.6 Å². The summed E-state index contributed by atoms with van der Waals surface area (Å²) in [4.78, 5) is 15.2. The monoisotopic (exact) mass is 358 g/mol. The van der Waals surface area contributed by atoms with E-state index in [1.54, 1.807) is 0 Å².